The van der Waals surface area contributed by atoms with Crippen LogP contribution in [-0.4, -0.2) is 17.4 Å². The molecule has 0 bridgehead atoms. The molecule has 3 aromatic carbocycles. The van der Waals surface area contributed by atoms with Crippen LogP contribution in [0.25, 0.3) is 0 Å². The fraction of sp³-hybridized carbons (Fsp3) is 0.387. The van der Waals surface area contributed by atoms with E-state index >= 15 is 0 Å². The van der Waals surface area contributed by atoms with E-state index in [0.717, 1.165) is 41.0 Å². The Morgan fingerprint density at radius 1 is 0.778 bits per heavy atom. The van der Waals surface area contributed by atoms with Gasteiger partial charge in [-0.2, -0.15) is 0 Å². The second-order valence-electron chi connectivity index (χ2n) is 10.8. The number of rotatable bonds is 5. The third kappa shape index (κ3) is 7.12. The maximum atomic E-state index is 11.4. The van der Waals surface area contributed by atoms with Crippen LogP contribution in [-0.2, 0) is 26.3 Å². The van der Waals surface area contributed by atoms with Crippen LogP contribution < -0.4 is 0 Å². The van der Waals surface area contributed by atoms with Crippen molar-refractivity contribution in [2.45, 2.75) is 64.8 Å². The average molecular weight is 602 g/mol. The van der Waals surface area contributed by atoms with Crippen LogP contribution in [0.15, 0.2) is 83.9 Å². The van der Waals surface area contributed by atoms with Crippen LogP contribution in [0.3, 0.4) is 0 Å². The van der Waals surface area contributed by atoms with E-state index in [1.807, 2.05) is 36.5 Å². The molecule has 1 aliphatic rings. The van der Waals surface area contributed by atoms with Crippen molar-refractivity contribution >= 4 is 23.2 Å². The fourth-order valence-electron chi connectivity index (χ4n) is 5.37. The first kappa shape index (κ1) is 29.2. The Morgan fingerprint density at radius 3 is 1.75 bits per heavy atom. The van der Waals surface area contributed by atoms with Gasteiger partial charge in [0, 0.05) is 28.8 Å². The Bertz CT molecular complexity index is 1060. The normalized spacial score (nSPS) is 18.4. The molecule has 190 valence electrons. The van der Waals surface area contributed by atoms with Crippen LogP contribution in [0.2, 0.25) is 0 Å². The van der Waals surface area contributed by atoms with Gasteiger partial charge in [0.25, 0.3) is 0 Å². The fourth-order valence-corrected chi connectivity index (χ4v) is 5.37. The Balaban J connectivity index is 0.00000115. The molecule has 0 unspecified atom stereocenters. The topological polar surface area (TPSA) is 32.6 Å². The summed E-state index contributed by atoms with van der Waals surface area (Å²) < 4.78 is 0. The zero-order valence-electron chi connectivity index (χ0n) is 21.7. The van der Waals surface area contributed by atoms with Crippen LogP contribution in [0, 0.1) is 11.3 Å². The van der Waals surface area contributed by atoms with E-state index in [1.54, 1.807) is 0 Å². The van der Waals surface area contributed by atoms with Gasteiger partial charge in [-0.05, 0) is 61.1 Å². The van der Waals surface area contributed by atoms with Gasteiger partial charge in [0.2, 0.25) is 0 Å². The number of halogens is 2. The van der Waals surface area contributed by atoms with Gasteiger partial charge in [-0.1, -0.05) is 93.6 Å². The third-order valence-electron chi connectivity index (χ3n) is 7.65. The monoisotopic (exact) mass is 599 g/mol. The van der Waals surface area contributed by atoms with E-state index in [0.29, 0.717) is 17.2 Å². The summed E-state index contributed by atoms with van der Waals surface area (Å²) >= 11 is -0.826. The molecule has 2 nitrogen and oxygen atoms in total. The number of aliphatic imine (C=N–C) groups is 1. The minimum atomic E-state index is -0.826. The summed E-state index contributed by atoms with van der Waals surface area (Å²) in [4.78, 5) is 4.91. The number of benzene rings is 3. The van der Waals surface area contributed by atoms with Crippen molar-refractivity contribution in [3.05, 3.63) is 101 Å². The van der Waals surface area contributed by atoms with Gasteiger partial charge >= 0.3 is 37.9 Å². The molecule has 1 N–H and O–H groups in total. The molecule has 36 heavy (non-hydrogen) atoms. The number of nitrogens with zero attached hydrogens (tertiary/aromatic N) is 1. The van der Waals surface area contributed by atoms with Gasteiger partial charge in [0.05, 0.1) is 0 Å². The third-order valence-corrected chi connectivity index (χ3v) is 7.65. The summed E-state index contributed by atoms with van der Waals surface area (Å²) in [6.07, 6.45) is 6.63. The van der Waals surface area contributed by atoms with Gasteiger partial charge in [0.15, 0.2) is 0 Å². The zero-order valence-corrected chi connectivity index (χ0v) is 25.7. The summed E-state index contributed by atoms with van der Waals surface area (Å²) in [5.74, 6) is 1.10. The van der Waals surface area contributed by atoms with Crippen molar-refractivity contribution in [3.63, 3.8) is 0 Å². The first-order valence-corrected chi connectivity index (χ1v) is 19.0. The molecule has 0 spiro atoms. The van der Waals surface area contributed by atoms with Crippen molar-refractivity contribution in [2.75, 3.05) is 0 Å². The summed E-state index contributed by atoms with van der Waals surface area (Å²) in [7, 11) is 9.87. The first-order chi connectivity index (χ1) is 17.2. The van der Waals surface area contributed by atoms with Gasteiger partial charge in [-0.3, -0.25) is 4.99 Å². The molecular formula is C31H37Cl2NOZr. The number of hydrogen-bond donors (Lipinski definition) is 1. The van der Waals surface area contributed by atoms with Crippen molar-refractivity contribution < 1.29 is 26.0 Å². The molecule has 0 aromatic heterocycles. The molecule has 4 rings (SSSR count). The number of aromatic hydroxyl groups is 1. The molecule has 1 saturated carbocycles. The molecule has 1 aliphatic carbocycles. The summed E-state index contributed by atoms with van der Waals surface area (Å²) in [6.45, 7) is 9.24. The van der Waals surface area contributed by atoms with Gasteiger partial charge < -0.3 is 5.11 Å². The van der Waals surface area contributed by atoms with Crippen LogP contribution in [0.1, 0.15) is 75.6 Å². The second-order valence-corrected chi connectivity index (χ2v) is 14.6. The van der Waals surface area contributed by atoms with E-state index < -0.39 is 26.3 Å². The molecule has 0 atom stereocenters. The Kier molecular flexibility index (Phi) is 10.9. The predicted octanol–water partition coefficient (Wildman–Crippen LogP) is 9.15. The minimum absolute atomic E-state index is 0.319. The second kappa shape index (κ2) is 13.4. The van der Waals surface area contributed by atoms with Crippen molar-refractivity contribution in [3.8, 4) is 5.75 Å². The van der Waals surface area contributed by atoms with Crippen molar-refractivity contribution in [2.24, 2.45) is 16.3 Å². The van der Waals surface area contributed by atoms with Crippen molar-refractivity contribution in [1.82, 2.24) is 0 Å². The molecule has 3 aromatic rings. The van der Waals surface area contributed by atoms with Crippen LogP contribution in [0.4, 0.5) is 0 Å². The Morgan fingerprint density at radius 2 is 1.28 bits per heavy atom. The standard InChI is InChI=1S/C31H37NO.2ClH.Zr/c1-30(2,3)24-18-20-27(21-19-24)32-22-23-12-11-17-28(29(23)33)31(4,25-13-7-5-8-14-25)26-15-9-6-10-16-26;;;/h5-17,22,24,27,33H,18-21H2,1-4H3;2*1H;/q;;;+2/p-2. The molecule has 0 radical (unpaired) electrons. The Hall–Kier alpha value is -1.41. The van der Waals surface area contributed by atoms with Crippen LogP contribution in [0.5, 0.6) is 5.75 Å². The molecular weight excluding hydrogens is 564 g/mol. The Labute approximate surface area is 235 Å². The number of phenols is 1. The first-order valence-electron chi connectivity index (χ1n) is 12.6. The number of phenolic OH excluding ortho intramolecular Hbond substituents is 1. The SMILES string of the molecule is CC(c1ccccc1)(c1ccccc1)c1cccc(C=NC2CCC(C(C)(C)C)CC2)c1O.[Cl][Zr][Cl]. The molecule has 0 amide bonds. The van der Waals surface area contributed by atoms with Crippen LogP contribution >= 0.6 is 17.0 Å². The molecule has 0 aliphatic heterocycles. The predicted molar refractivity (Wildman–Crippen MR) is 151 cm³/mol. The summed E-state index contributed by atoms with van der Waals surface area (Å²) in [6, 6.07) is 27.3. The van der Waals surface area contributed by atoms with Gasteiger partial charge in [0.1, 0.15) is 5.75 Å². The zero-order chi connectivity index (χ0) is 26.2. The van der Waals surface area contributed by atoms with Crippen molar-refractivity contribution in [1.29, 1.82) is 0 Å². The molecule has 5 heteroatoms. The van der Waals surface area contributed by atoms with Gasteiger partial charge in [-0.25, -0.2) is 0 Å². The maximum absolute atomic E-state index is 11.4. The van der Waals surface area contributed by atoms with E-state index in [9.17, 15) is 5.11 Å². The number of para-hydroxylation sites is 1. The quantitative estimate of drug-likeness (QED) is 0.230. The average Bonchev–Trinajstić information content (AvgIpc) is 2.89. The molecule has 0 saturated heterocycles. The van der Waals surface area contributed by atoms with E-state index in [2.05, 4.69) is 76.2 Å². The molecule has 1 fully saturated rings. The van der Waals surface area contributed by atoms with E-state index in [-0.39, 0.29) is 0 Å². The summed E-state index contributed by atoms with van der Waals surface area (Å²) in [5.41, 5.74) is 3.91. The summed E-state index contributed by atoms with van der Waals surface area (Å²) in [5, 5.41) is 11.4. The van der Waals surface area contributed by atoms with Gasteiger partial charge in [-0.15, -0.1) is 0 Å². The number of hydrogen-bond acceptors (Lipinski definition) is 2. The van der Waals surface area contributed by atoms with E-state index in [4.69, 9.17) is 22.0 Å². The molecule has 0 heterocycles. The van der Waals surface area contributed by atoms with E-state index in [1.165, 1.54) is 12.8 Å².